The summed E-state index contributed by atoms with van der Waals surface area (Å²) in [6.45, 7) is 5.87. The smallest absolute Gasteiger partial charge is 0.175 e. The Balaban J connectivity index is 1.92. The predicted molar refractivity (Wildman–Crippen MR) is 84.1 cm³/mol. The molecule has 1 aliphatic heterocycles. The molecule has 5 heteroatoms. The molecular weight excluding hydrogens is 286 g/mol. The summed E-state index contributed by atoms with van der Waals surface area (Å²) in [7, 11) is -3.11. The second-order valence-electron chi connectivity index (χ2n) is 5.79. The minimum atomic E-state index is -3.11. The zero-order chi connectivity index (χ0) is 15.3. The number of piperidine rings is 1. The van der Waals surface area contributed by atoms with Gasteiger partial charge in [-0.1, -0.05) is 19.1 Å². The van der Waals surface area contributed by atoms with Crippen molar-refractivity contribution in [1.82, 2.24) is 4.90 Å². The average Bonchev–Trinajstić information content (AvgIpc) is 2.45. The van der Waals surface area contributed by atoms with Crippen LogP contribution in [0.4, 0.5) is 0 Å². The highest BCUT2D eigenvalue weighted by atomic mass is 32.2. The van der Waals surface area contributed by atoms with Gasteiger partial charge in [-0.05, 0) is 43.5 Å². The highest BCUT2D eigenvalue weighted by Gasteiger charge is 2.20. The van der Waals surface area contributed by atoms with E-state index in [-0.39, 0.29) is 0 Å². The maximum atomic E-state index is 11.5. The first kappa shape index (κ1) is 16.5. The summed E-state index contributed by atoms with van der Waals surface area (Å²) in [5.74, 6) is 0. The van der Waals surface area contributed by atoms with Crippen LogP contribution in [0.3, 0.4) is 0 Å². The van der Waals surface area contributed by atoms with Crippen molar-refractivity contribution in [2.75, 3.05) is 26.0 Å². The first-order valence-electron chi connectivity index (χ1n) is 7.62. The predicted octanol–water partition coefficient (Wildman–Crippen LogP) is 2.48. The van der Waals surface area contributed by atoms with E-state index >= 15 is 0 Å². The van der Waals surface area contributed by atoms with E-state index < -0.39 is 9.84 Å². The van der Waals surface area contributed by atoms with E-state index in [1.807, 2.05) is 12.1 Å². The zero-order valence-electron chi connectivity index (χ0n) is 12.9. The maximum Gasteiger partial charge on any atom is 0.175 e. The number of nitrogens with zero attached hydrogens (tertiary/aromatic N) is 1. The summed E-state index contributed by atoms with van der Waals surface area (Å²) in [6, 6.07) is 7.21. The van der Waals surface area contributed by atoms with Gasteiger partial charge in [-0.2, -0.15) is 0 Å². The van der Waals surface area contributed by atoms with Gasteiger partial charge in [0.05, 0.1) is 11.0 Å². The minimum absolute atomic E-state index is 0.342. The monoisotopic (exact) mass is 311 g/mol. The molecule has 0 aliphatic carbocycles. The minimum Gasteiger partial charge on any atom is -0.377 e. The van der Waals surface area contributed by atoms with Gasteiger partial charge in [-0.15, -0.1) is 0 Å². The van der Waals surface area contributed by atoms with E-state index in [1.54, 1.807) is 12.1 Å². The van der Waals surface area contributed by atoms with Crippen LogP contribution in [0.2, 0.25) is 0 Å². The molecule has 0 N–H and O–H groups in total. The van der Waals surface area contributed by atoms with Crippen molar-refractivity contribution in [3.63, 3.8) is 0 Å². The molecule has 1 aliphatic rings. The van der Waals surface area contributed by atoms with Gasteiger partial charge in [0.1, 0.15) is 0 Å². The van der Waals surface area contributed by atoms with Crippen molar-refractivity contribution >= 4 is 9.84 Å². The molecule has 1 aromatic carbocycles. The van der Waals surface area contributed by atoms with Crippen LogP contribution in [-0.4, -0.2) is 45.4 Å². The van der Waals surface area contributed by atoms with Gasteiger partial charge in [0.15, 0.2) is 9.84 Å². The van der Waals surface area contributed by atoms with Crippen molar-refractivity contribution < 1.29 is 13.2 Å². The summed E-state index contributed by atoms with van der Waals surface area (Å²) < 4.78 is 28.7. The van der Waals surface area contributed by atoms with Gasteiger partial charge in [0.2, 0.25) is 0 Å². The molecule has 4 nitrogen and oxygen atoms in total. The summed E-state index contributed by atoms with van der Waals surface area (Å²) in [6.07, 6.45) is 4.94. The van der Waals surface area contributed by atoms with Crippen molar-refractivity contribution in [3.05, 3.63) is 29.8 Å². The zero-order valence-corrected chi connectivity index (χ0v) is 13.7. The molecule has 0 saturated carbocycles. The second kappa shape index (κ2) is 7.38. The number of hydrogen-bond donors (Lipinski definition) is 0. The molecule has 1 saturated heterocycles. The normalized spacial score (nSPS) is 20.6. The number of likely N-dealkylation sites (tertiary alicyclic amines) is 1. The third-order valence-electron chi connectivity index (χ3n) is 3.78. The van der Waals surface area contributed by atoms with Crippen molar-refractivity contribution in [3.8, 4) is 0 Å². The van der Waals surface area contributed by atoms with Gasteiger partial charge in [0.25, 0.3) is 0 Å². The summed E-state index contributed by atoms with van der Waals surface area (Å²) >= 11 is 0. The van der Waals surface area contributed by atoms with E-state index in [9.17, 15) is 8.42 Å². The molecule has 1 atom stereocenters. The maximum absolute atomic E-state index is 11.5. The van der Waals surface area contributed by atoms with Crippen LogP contribution in [0.15, 0.2) is 29.2 Å². The van der Waals surface area contributed by atoms with Crippen LogP contribution in [0.1, 0.15) is 31.7 Å². The number of ether oxygens (including phenoxy) is 1. The number of benzene rings is 1. The molecule has 0 amide bonds. The van der Waals surface area contributed by atoms with Crippen molar-refractivity contribution in [1.29, 1.82) is 0 Å². The second-order valence-corrected chi connectivity index (χ2v) is 7.80. The van der Waals surface area contributed by atoms with Gasteiger partial charge in [-0.25, -0.2) is 8.42 Å². The lowest BCUT2D eigenvalue weighted by molar-refractivity contribution is -0.00223. The van der Waals surface area contributed by atoms with E-state index in [2.05, 4.69) is 11.8 Å². The Hall–Kier alpha value is -0.910. The number of sulfone groups is 1. The molecule has 21 heavy (non-hydrogen) atoms. The quantitative estimate of drug-likeness (QED) is 0.810. The van der Waals surface area contributed by atoms with Crippen molar-refractivity contribution in [2.24, 2.45) is 0 Å². The van der Waals surface area contributed by atoms with E-state index in [0.717, 1.165) is 51.1 Å². The fourth-order valence-electron chi connectivity index (χ4n) is 2.68. The Morgan fingerprint density at radius 3 is 2.62 bits per heavy atom. The molecule has 0 spiro atoms. The molecule has 0 radical (unpaired) electrons. The Labute approximate surface area is 128 Å². The molecule has 118 valence electrons. The average molecular weight is 311 g/mol. The molecule has 0 aromatic heterocycles. The van der Waals surface area contributed by atoms with Gasteiger partial charge >= 0.3 is 0 Å². The molecule has 1 aromatic rings. The highest BCUT2D eigenvalue weighted by Crippen LogP contribution is 2.17. The van der Waals surface area contributed by atoms with E-state index in [0.29, 0.717) is 11.0 Å². The Morgan fingerprint density at radius 1 is 1.29 bits per heavy atom. The van der Waals surface area contributed by atoms with Crippen LogP contribution >= 0.6 is 0 Å². The summed E-state index contributed by atoms with van der Waals surface area (Å²) in [5.41, 5.74) is 1.15. The molecule has 0 bridgehead atoms. The topological polar surface area (TPSA) is 46.6 Å². The third kappa shape index (κ3) is 5.09. The van der Waals surface area contributed by atoms with Crippen LogP contribution in [0.5, 0.6) is 0 Å². The molecular formula is C16H25NO3S. The first-order valence-corrected chi connectivity index (χ1v) is 9.51. The van der Waals surface area contributed by atoms with Crippen molar-refractivity contribution in [2.45, 2.75) is 43.7 Å². The summed E-state index contributed by atoms with van der Waals surface area (Å²) in [5, 5.41) is 0. The fourth-order valence-corrected chi connectivity index (χ4v) is 3.31. The fraction of sp³-hybridized carbons (Fsp3) is 0.625. The van der Waals surface area contributed by atoms with Crippen LogP contribution in [-0.2, 0) is 21.1 Å². The standard InChI is InChI=1S/C16H25NO3S/c1-3-11-20-15-5-4-10-17(13-15)12-14-6-8-16(9-7-14)21(2,18)19/h6-9,15H,3-5,10-13H2,1-2H3. The Morgan fingerprint density at radius 2 is 2.00 bits per heavy atom. The lowest BCUT2D eigenvalue weighted by Gasteiger charge is -2.32. The lowest BCUT2D eigenvalue weighted by Crippen LogP contribution is -2.39. The Kier molecular flexibility index (Phi) is 5.79. The number of hydrogen-bond acceptors (Lipinski definition) is 4. The SMILES string of the molecule is CCCOC1CCCN(Cc2ccc(S(C)(=O)=O)cc2)C1. The van der Waals surface area contributed by atoms with Gasteiger partial charge in [0, 0.05) is 26.0 Å². The lowest BCUT2D eigenvalue weighted by atomic mass is 10.1. The Bertz CT molecular complexity index is 539. The molecule has 2 rings (SSSR count). The van der Waals surface area contributed by atoms with E-state index in [4.69, 9.17) is 4.74 Å². The number of rotatable bonds is 6. The van der Waals surface area contributed by atoms with Crippen LogP contribution < -0.4 is 0 Å². The highest BCUT2D eigenvalue weighted by molar-refractivity contribution is 7.90. The van der Waals surface area contributed by atoms with Gasteiger partial charge < -0.3 is 4.74 Å². The van der Waals surface area contributed by atoms with Gasteiger partial charge in [-0.3, -0.25) is 4.90 Å². The summed E-state index contributed by atoms with van der Waals surface area (Å²) in [4.78, 5) is 2.77. The molecule has 1 fully saturated rings. The van der Waals surface area contributed by atoms with Crippen LogP contribution in [0.25, 0.3) is 0 Å². The first-order chi connectivity index (χ1) is 9.99. The largest absolute Gasteiger partial charge is 0.377 e. The van der Waals surface area contributed by atoms with Crippen LogP contribution in [0, 0.1) is 0 Å². The molecule has 1 heterocycles. The molecule has 1 unspecified atom stereocenters. The van der Waals surface area contributed by atoms with E-state index in [1.165, 1.54) is 6.26 Å². The third-order valence-corrected chi connectivity index (χ3v) is 4.91.